The van der Waals surface area contributed by atoms with Crippen LogP contribution in [0.15, 0.2) is 0 Å². The molecule has 0 aliphatic carbocycles. The molecular formula is C14H28N2O2. The predicted octanol–water partition coefficient (Wildman–Crippen LogP) is 1.26. The molecule has 0 radical (unpaired) electrons. The van der Waals surface area contributed by atoms with Gasteiger partial charge in [-0.2, -0.15) is 0 Å². The smallest absolute Gasteiger partial charge is 0.106 e. The summed E-state index contributed by atoms with van der Waals surface area (Å²) < 4.78 is 11.1. The van der Waals surface area contributed by atoms with E-state index in [0.29, 0.717) is 0 Å². The van der Waals surface area contributed by atoms with Crippen molar-refractivity contribution < 1.29 is 9.47 Å². The second-order valence-corrected chi connectivity index (χ2v) is 5.79. The minimum atomic E-state index is -0.0710. The van der Waals surface area contributed by atoms with Crippen LogP contribution in [0.1, 0.15) is 32.1 Å². The summed E-state index contributed by atoms with van der Waals surface area (Å²) >= 11 is 0. The number of piperidine rings is 1. The van der Waals surface area contributed by atoms with Crippen molar-refractivity contribution in [2.24, 2.45) is 0 Å². The molecule has 0 amide bonds. The molecule has 2 aliphatic rings. The zero-order chi connectivity index (χ0) is 12.8. The Morgan fingerprint density at radius 3 is 3.00 bits per heavy atom. The number of likely N-dealkylation sites (tertiary alicyclic amines) is 1. The molecule has 0 spiro atoms. The lowest BCUT2D eigenvalue weighted by Gasteiger charge is -2.33. The number of hydrogen-bond acceptors (Lipinski definition) is 4. The van der Waals surface area contributed by atoms with Gasteiger partial charge in [-0.1, -0.05) is 6.42 Å². The van der Waals surface area contributed by atoms with Crippen LogP contribution in [0.5, 0.6) is 0 Å². The topological polar surface area (TPSA) is 33.7 Å². The summed E-state index contributed by atoms with van der Waals surface area (Å²) in [6, 6.07) is 0.768. The fourth-order valence-corrected chi connectivity index (χ4v) is 3.05. The van der Waals surface area contributed by atoms with Gasteiger partial charge in [0.25, 0.3) is 0 Å². The number of hydrogen-bond donors (Lipinski definition) is 1. The van der Waals surface area contributed by atoms with E-state index in [0.717, 1.165) is 38.8 Å². The lowest BCUT2D eigenvalue weighted by Crippen LogP contribution is -2.44. The summed E-state index contributed by atoms with van der Waals surface area (Å²) in [6.45, 7) is 4.83. The van der Waals surface area contributed by atoms with Crippen LogP contribution in [0.25, 0.3) is 0 Å². The maximum Gasteiger partial charge on any atom is 0.106 e. The lowest BCUT2D eigenvalue weighted by molar-refractivity contribution is -0.0159. The third kappa shape index (κ3) is 3.67. The number of nitrogens with zero attached hydrogens (tertiary/aromatic N) is 1. The maximum absolute atomic E-state index is 5.61. The van der Waals surface area contributed by atoms with E-state index in [1.165, 1.54) is 32.2 Å². The van der Waals surface area contributed by atoms with E-state index in [1.807, 2.05) is 0 Å². The van der Waals surface area contributed by atoms with E-state index in [4.69, 9.17) is 9.47 Å². The second-order valence-electron chi connectivity index (χ2n) is 5.79. The van der Waals surface area contributed by atoms with Gasteiger partial charge in [-0.05, 0) is 39.4 Å². The molecule has 0 saturated carbocycles. The highest BCUT2D eigenvalue weighted by molar-refractivity contribution is 4.87. The Bertz CT molecular complexity index is 242. The molecule has 0 aromatic rings. The van der Waals surface area contributed by atoms with Crippen LogP contribution in [0.2, 0.25) is 0 Å². The first-order valence-corrected chi connectivity index (χ1v) is 7.30. The normalized spacial score (nSPS) is 34.0. The van der Waals surface area contributed by atoms with Crippen LogP contribution in [-0.2, 0) is 9.47 Å². The van der Waals surface area contributed by atoms with Crippen molar-refractivity contribution in [1.29, 1.82) is 0 Å². The maximum atomic E-state index is 5.61. The summed E-state index contributed by atoms with van der Waals surface area (Å²) in [4.78, 5) is 2.51. The zero-order valence-corrected chi connectivity index (χ0v) is 11.9. The van der Waals surface area contributed by atoms with E-state index >= 15 is 0 Å². The summed E-state index contributed by atoms with van der Waals surface area (Å²) in [7, 11) is 4.05. The number of methoxy groups -OCH3 is 1. The first-order valence-electron chi connectivity index (χ1n) is 7.30. The van der Waals surface area contributed by atoms with Gasteiger partial charge in [0.1, 0.15) is 5.60 Å². The van der Waals surface area contributed by atoms with Crippen LogP contribution in [-0.4, -0.2) is 63.5 Å². The Morgan fingerprint density at radius 2 is 2.33 bits per heavy atom. The fraction of sp³-hybridized carbons (Fsp3) is 1.00. The minimum absolute atomic E-state index is 0.0710. The van der Waals surface area contributed by atoms with Crippen LogP contribution >= 0.6 is 0 Å². The van der Waals surface area contributed by atoms with Crippen LogP contribution < -0.4 is 5.32 Å². The van der Waals surface area contributed by atoms with E-state index in [9.17, 15) is 0 Å². The number of nitrogens with one attached hydrogen (secondary N) is 1. The Balaban J connectivity index is 1.63. The third-order valence-electron chi connectivity index (χ3n) is 4.52. The van der Waals surface area contributed by atoms with Crippen LogP contribution in [0, 0.1) is 0 Å². The van der Waals surface area contributed by atoms with Gasteiger partial charge >= 0.3 is 0 Å². The van der Waals surface area contributed by atoms with Crippen LogP contribution in [0.3, 0.4) is 0 Å². The standard InChI is InChI=1S/C14H28N2O2/c1-16-9-4-3-5-13(16)6-8-15-11-14(17-2)7-10-18-12-14/h13,15H,3-12H2,1-2H3. The van der Waals surface area contributed by atoms with Gasteiger partial charge in [0.05, 0.1) is 6.61 Å². The molecule has 4 heteroatoms. The van der Waals surface area contributed by atoms with Gasteiger partial charge < -0.3 is 19.7 Å². The van der Waals surface area contributed by atoms with Crippen LogP contribution in [0.4, 0.5) is 0 Å². The van der Waals surface area contributed by atoms with E-state index in [-0.39, 0.29) is 5.60 Å². The molecule has 2 saturated heterocycles. The summed E-state index contributed by atoms with van der Waals surface area (Å²) in [5.74, 6) is 0. The number of ether oxygens (including phenoxy) is 2. The highest BCUT2D eigenvalue weighted by atomic mass is 16.5. The van der Waals surface area contributed by atoms with Crippen molar-refractivity contribution >= 4 is 0 Å². The molecule has 2 atom stereocenters. The van der Waals surface area contributed by atoms with Crippen molar-refractivity contribution in [3.8, 4) is 0 Å². The third-order valence-corrected chi connectivity index (χ3v) is 4.52. The van der Waals surface area contributed by atoms with E-state index in [1.54, 1.807) is 7.11 Å². The first-order chi connectivity index (χ1) is 8.76. The molecular weight excluding hydrogens is 228 g/mol. The molecule has 2 unspecified atom stereocenters. The molecule has 4 nitrogen and oxygen atoms in total. The summed E-state index contributed by atoms with van der Waals surface area (Å²) in [6.07, 6.45) is 6.38. The van der Waals surface area contributed by atoms with Gasteiger partial charge in [-0.3, -0.25) is 0 Å². The lowest BCUT2D eigenvalue weighted by atomic mass is 9.99. The van der Waals surface area contributed by atoms with Crippen molar-refractivity contribution in [1.82, 2.24) is 10.2 Å². The monoisotopic (exact) mass is 256 g/mol. The quantitative estimate of drug-likeness (QED) is 0.725. The van der Waals surface area contributed by atoms with Gasteiger partial charge in [0, 0.05) is 32.7 Å². The van der Waals surface area contributed by atoms with Crippen molar-refractivity contribution in [3.05, 3.63) is 0 Å². The van der Waals surface area contributed by atoms with Gasteiger partial charge in [-0.15, -0.1) is 0 Å². The van der Waals surface area contributed by atoms with Crippen molar-refractivity contribution in [2.75, 3.05) is 47.0 Å². The van der Waals surface area contributed by atoms with Crippen molar-refractivity contribution in [2.45, 2.75) is 43.7 Å². The molecule has 2 heterocycles. The van der Waals surface area contributed by atoms with Gasteiger partial charge in [0.2, 0.25) is 0 Å². The molecule has 1 N–H and O–H groups in total. The molecule has 0 aromatic carbocycles. The summed E-state index contributed by atoms with van der Waals surface area (Å²) in [5.41, 5.74) is -0.0710. The van der Waals surface area contributed by atoms with E-state index < -0.39 is 0 Å². The number of rotatable bonds is 6. The Hall–Kier alpha value is -0.160. The second kappa shape index (κ2) is 6.85. The summed E-state index contributed by atoms with van der Waals surface area (Å²) in [5, 5.41) is 3.56. The highest BCUT2D eigenvalue weighted by Gasteiger charge is 2.34. The fourth-order valence-electron chi connectivity index (χ4n) is 3.05. The molecule has 2 rings (SSSR count). The molecule has 0 bridgehead atoms. The predicted molar refractivity (Wildman–Crippen MR) is 72.9 cm³/mol. The average Bonchev–Trinajstić information content (AvgIpc) is 2.86. The molecule has 106 valence electrons. The first kappa shape index (κ1) is 14.3. The molecule has 18 heavy (non-hydrogen) atoms. The van der Waals surface area contributed by atoms with Crippen molar-refractivity contribution in [3.63, 3.8) is 0 Å². The van der Waals surface area contributed by atoms with E-state index in [2.05, 4.69) is 17.3 Å². The Labute approximate surface area is 111 Å². The SMILES string of the molecule is COC1(CNCCC2CCCCN2C)CCOC1. The minimum Gasteiger partial charge on any atom is -0.378 e. The van der Waals surface area contributed by atoms with Gasteiger partial charge in [-0.25, -0.2) is 0 Å². The Kier molecular flexibility index (Phi) is 5.42. The zero-order valence-electron chi connectivity index (χ0n) is 11.9. The molecule has 2 fully saturated rings. The largest absolute Gasteiger partial charge is 0.378 e. The highest BCUT2D eigenvalue weighted by Crippen LogP contribution is 2.21. The van der Waals surface area contributed by atoms with Gasteiger partial charge in [0.15, 0.2) is 0 Å². The molecule has 2 aliphatic heterocycles. The Morgan fingerprint density at radius 1 is 1.44 bits per heavy atom. The molecule has 0 aromatic heterocycles. The average molecular weight is 256 g/mol.